The largest absolute Gasteiger partial charge is 1.00 e. The molecule has 0 spiro atoms. The molecule has 5 saturated heterocycles. The van der Waals surface area contributed by atoms with Crippen LogP contribution in [0.15, 0.2) is 0 Å². The molecule has 0 aromatic carbocycles. The molecule has 0 saturated carbocycles. The number of likely N-dealkylation sites (N-methyl/N-ethyl adjacent to an activating group) is 1. The average Bonchev–Trinajstić information content (AvgIpc) is 0.672. The summed E-state index contributed by atoms with van der Waals surface area (Å²) in [5.41, 5.74) is -13.1. The predicted molar refractivity (Wildman–Crippen MR) is 289 cm³/mol. The molecular formula is C41H63N3Na10O49S8. The van der Waals surface area contributed by atoms with Gasteiger partial charge in [-0.15, -0.1) is 8.67 Å². The van der Waals surface area contributed by atoms with Gasteiger partial charge in [-0.3, -0.25) is 46.1 Å². The molecule has 4 N–H and O–H groups in total. The maximum absolute atomic E-state index is 13.7. The number of carbonyl (C=O) groups excluding carboxylic acids is 2. The summed E-state index contributed by atoms with van der Waals surface area (Å²) in [4.78, 5) is 27.2. The number of carboxylic acid groups (broad SMARTS) is 2. The van der Waals surface area contributed by atoms with Crippen LogP contribution in [0.5, 0.6) is 0 Å². The van der Waals surface area contributed by atoms with Crippen LogP contribution in [0.4, 0.5) is 0 Å². The van der Waals surface area contributed by atoms with Gasteiger partial charge in [-0.2, -0.15) is 13.0 Å². The van der Waals surface area contributed by atoms with E-state index in [-0.39, 0.29) is 332 Å². The molecule has 0 amide bonds. The Hall–Kier alpha value is 8.86. The summed E-state index contributed by atoms with van der Waals surface area (Å²) < 4.78 is 289. The van der Waals surface area contributed by atoms with Gasteiger partial charge in [-0.25, -0.2) is 39.0 Å². The Morgan fingerprint density at radius 2 is 1.14 bits per heavy atom. The van der Waals surface area contributed by atoms with Gasteiger partial charge in [0.15, 0.2) is 62.2 Å². The first-order valence-corrected chi connectivity index (χ1v) is 34.2. The van der Waals surface area contributed by atoms with E-state index in [1.807, 2.05) is 0 Å². The Balaban J connectivity index is -0.00000302. The first-order chi connectivity index (χ1) is 49.1. The summed E-state index contributed by atoms with van der Waals surface area (Å²) in [7, 11) is -13.3. The van der Waals surface area contributed by atoms with Crippen molar-refractivity contribution in [3.63, 3.8) is 0 Å². The molecule has 0 radical (unpaired) electrons. The minimum absolute atomic E-state index is 0. The van der Waals surface area contributed by atoms with Gasteiger partial charge in [0.25, 0.3) is 0 Å². The summed E-state index contributed by atoms with van der Waals surface area (Å²) in [6.07, 6.45) is -52.4. The number of nitrogens with one attached hydrogen (secondary N) is 2. The number of rotatable bonds is 44. The van der Waals surface area contributed by atoms with E-state index in [4.69, 9.17) is 81.6 Å². The molecule has 5 rings (SSSR count). The van der Waals surface area contributed by atoms with E-state index >= 15 is 0 Å². The maximum Gasteiger partial charge on any atom is 1.00 e. The Morgan fingerprint density at radius 1 is 0.595 bits per heavy atom. The molecule has 5 aliphatic rings. The Labute approximate surface area is 883 Å². The maximum atomic E-state index is 13.7. The second-order valence-electron chi connectivity index (χ2n) is 20.8. The van der Waals surface area contributed by atoms with Crippen LogP contribution in [-0.2, 0) is 175 Å². The number of nitrogens with zero attached hydrogens (tertiary/aromatic N) is 1. The van der Waals surface area contributed by atoms with Crippen LogP contribution in [0, 0.1) is 0 Å². The third-order valence-corrected chi connectivity index (χ3v) is 18.6. The first kappa shape index (κ1) is 120. The van der Waals surface area contributed by atoms with Crippen molar-refractivity contribution in [3.05, 3.63) is 0 Å². The van der Waals surface area contributed by atoms with Crippen molar-refractivity contribution in [2.45, 2.75) is 192 Å². The molecule has 0 aromatic rings. The van der Waals surface area contributed by atoms with E-state index in [1.165, 1.54) is 0 Å². The molecular weight excluding hydrogens is 1800 g/mol. The minimum atomic E-state index is -6.32. The normalized spacial score (nSPS) is 37.9. The molecule has 70 heteroatoms. The monoisotopic (exact) mass is 1870 g/mol. The van der Waals surface area contributed by atoms with E-state index in [9.17, 15) is 99.3 Å². The van der Waals surface area contributed by atoms with Gasteiger partial charge < -0.3 is 136 Å². The number of aliphatic carboxylic acids is 2. The van der Waals surface area contributed by atoms with Gasteiger partial charge in [-0.05, 0) is 34.6 Å². The fourth-order valence-corrected chi connectivity index (χ4v) is 14.1. The van der Waals surface area contributed by atoms with Gasteiger partial charge in [0, 0.05) is 42.6 Å². The SMILES string of the molecule is [2H]C([2H])(OSOO[O-])[C@@H]1O[C@]([2H])(O[C@@H]2[C@H](C(=O)[O-])O[C@@H](O[C@]3(C)C(C(C)OS(=O)(=O)[O-])O[C@H](O[C@]4(C)C(C(=O)[O-])O[C@@H](O[C@H]5C(OC)C(NSOO[O-])[C@@H](OC)O[C@H]5COS(=O)(=O)[O-])C(OS(=O)(=O)[O-])[C@@H]4O)C(NSOO[O-])[C@H]3OSOO[O-])C(OC)C2(C)O)C([2H])(N(C)SOO[O-])C(C)(OC)[C@]1([2H])OC.[Na+].[Na+].[Na+].[Na+].[Na+].[Na+].[Na+].[Na+].[Na+].[Na+]. The zero-order chi connectivity index (χ0) is 80.4. The molecule has 0 bridgehead atoms. The van der Waals surface area contributed by atoms with Crippen molar-refractivity contribution >= 4 is 104 Å². The molecule has 11 unspecified atom stereocenters. The van der Waals surface area contributed by atoms with Crippen LogP contribution < -0.4 is 342 Å². The fourth-order valence-electron chi connectivity index (χ4n) is 10.9. The molecule has 5 fully saturated rings. The summed E-state index contributed by atoms with van der Waals surface area (Å²) in [6.45, 7) is -1.87. The Morgan fingerprint density at radius 3 is 1.62 bits per heavy atom. The summed E-state index contributed by atoms with van der Waals surface area (Å²) in [5.74, 6) is -5.11. The second kappa shape index (κ2) is 61.5. The van der Waals surface area contributed by atoms with Gasteiger partial charge in [0.05, 0.1) is 38.0 Å². The summed E-state index contributed by atoms with van der Waals surface area (Å²) in [5, 5.41) is 125. The number of carboxylic acids is 2. The quantitative estimate of drug-likeness (QED) is 0.00643. The third kappa shape index (κ3) is 36.5. The van der Waals surface area contributed by atoms with Crippen LogP contribution >= 0.6 is 61.3 Å². The number of aliphatic hydroxyl groups excluding tert-OH is 1. The summed E-state index contributed by atoms with van der Waals surface area (Å²) >= 11 is -1.78. The molecule has 594 valence electrons. The zero-order valence-electron chi connectivity index (χ0n) is 67.5. The van der Waals surface area contributed by atoms with Crippen molar-refractivity contribution in [1.29, 1.82) is 0 Å². The Kier molecular flexibility index (Phi) is 66.4. The summed E-state index contributed by atoms with van der Waals surface area (Å²) in [6, 6.07) is -7.66. The molecule has 0 aromatic heterocycles. The first-order valence-electron chi connectivity index (χ1n) is 29.2. The van der Waals surface area contributed by atoms with Gasteiger partial charge >= 0.3 is 296 Å². The molecule has 0 aliphatic carbocycles. The minimum Gasteiger partial charge on any atom is -0.726 e. The van der Waals surface area contributed by atoms with Gasteiger partial charge in [-0.1, -0.05) is 0 Å². The molecule has 52 nitrogen and oxygen atoms in total. The van der Waals surface area contributed by atoms with E-state index in [0.717, 1.165) is 35.3 Å². The van der Waals surface area contributed by atoms with E-state index in [0.29, 0.717) is 46.2 Å². The van der Waals surface area contributed by atoms with Crippen molar-refractivity contribution in [2.75, 3.05) is 55.8 Å². The third-order valence-electron chi connectivity index (χ3n) is 15.0. The average molecular weight is 1870 g/mol. The number of hydrogen-bond donors (Lipinski definition) is 4. The fraction of sp³-hybridized carbons (Fsp3) is 0.951. The number of ether oxygens (including phenoxy) is 14. The van der Waals surface area contributed by atoms with Crippen molar-refractivity contribution in [1.82, 2.24) is 13.7 Å². The van der Waals surface area contributed by atoms with Crippen LogP contribution in [0.3, 0.4) is 0 Å². The molecule has 5 heterocycles. The molecule has 5 aliphatic heterocycles. The van der Waals surface area contributed by atoms with E-state index in [1.54, 1.807) is 0 Å². The van der Waals surface area contributed by atoms with Crippen LogP contribution in [0.25, 0.3) is 0 Å². The van der Waals surface area contributed by atoms with Crippen molar-refractivity contribution in [3.8, 4) is 0 Å². The van der Waals surface area contributed by atoms with Crippen molar-refractivity contribution < 1.29 is 532 Å². The smallest absolute Gasteiger partial charge is 0.726 e. The number of aliphatic hydroxyl groups is 2. The van der Waals surface area contributed by atoms with Crippen molar-refractivity contribution in [2.24, 2.45) is 0 Å². The van der Waals surface area contributed by atoms with Gasteiger partial charge in [0.1, 0.15) is 150 Å². The molecule has 26 atom stereocenters. The van der Waals surface area contributed by atoms with E-state index in [2.05, 4.69) is 64.7 Å². The number of methoxy groups -OCH3 is 5. The van der Waals surface area contributed by atoms with Crippen LogP contribution in [0.2, 0.25) is 0 Å². The predicted octanol–water partition coefficient (Wildman–Crippen LogP) is -42.6. The topological polar surface area (TPSA) is 703 Å². The zero-order valence-corrected chi connectivity index (χ0v) is 89.0. The number of hydrogen-bond acceptors (Lipinski definition) is 57. The van der Waals surface area contributed by atoms with Crippen LogP contribution in [0.1, 0.15) is 41.5 Å². The second-order valence-corrected chi connectivity index (χ2v) is 26.7. The van der Waals surface area contributed by atoms with Crippen LogP contribution in [-0.4, -0.2) is 278 Å². The standard InChI is InChI=1S/C41H73N3O49S8.10Na/c1-14(82-100(59,60)61)25-41(5,80-37-30(67-9)38(2,50)28(22(75-37)31(46)47)77-36-23(44(6)96-91-86-53)39(3,69-11)26(66-8)16(73-36)12-70-97-92-87-54)27(81-98-93-88-55)18(43-95-90-85-52)34(76-25)79-40(4)24(45)21(83-101(62,63)64)35(78-29(40)32(48)49)74-19-15(13-71-99(56,57)58)72-33(68-10)17(20(19)65-7)42-94-89-84-51;;;;;;;;;;/h14-30,33-37,42-43,45,50-55H,12-13H2,1-11H3,(H,46,47)(H,48,49)(H,56,57,58)(H,59,60,61)(H,62,63,64);;;;;;;;;;/q;10*+1/p-10/t14?,15-,16-,17?,18?,19+,20?,21?,22+,23?,24-,25?,26+,27+,28+,29?,30?,33-,34+,35+,36+,37-,38?,39?,40-,41+;;;;;;;;;;/m0........../s1/i12D2,23D,26D,36D;;;;;;;;;;. The Bertz CT molecular complexity index is 3230. The van der Waals surface area contributed by atoms with Gasteiger partial charge in [0.2, 0.25) is 31.2 Å². The molecule has 111 heavy (non-hydrogen) atoms. The number of carbonyl (C=O) groups is 2. The van der Waals surface area contributed by atoms with E-state index < -0.39 is 238 Å².